The highest BCUT2D eigenvalue weighted by Crippen LogP contribution is 2.48. The summed E-state index contributed by atoms with van der Waals surface area (Å²) in [7, 11) is 0. The Bertz CT molecular complexity index is 691. The van der Waals surface area contributed by atoms with Crippen LogP contribution >= 0.6 is 0 Å². The molecule has 1 aliphatic heterocycles. The average Bonchev–Trinajstić information content (AvgIpc) is 3.01. The van der Waals surface area contributed by atoms with Gasteiger partial charge in [0, 0.05) is 25.0 Å². The van der Waals surface area contributed by atoms with Crippen LogP contribution in [0.5, 0.6) is 0 Å². The van der Waals surface area contributed by atoms with E-state index in [1.54, 1.807) is 13.2 Å². The average molecular weight is 331 g/mol. The van der Waals surface area contributed by atoms with Crippen LogP contribution in [0.3, 0.4) is 0 Å². The van der Waals surface area contributed by atoms with Gasteiger partial charge in [0.05, 0.1) is 6.26 Å². The molecule has 4 rings (SSSR count). The van der Waals surface area contributed by atoms with Crippen molar-refractivity contribution in [3.63, 3.8) is 0 Å². The summed E-state index contributed by atoms with van der Waals surface area (Å²) in [6.07, 6.45) is 4.22. The monoisotopic (exact) mass is 331 g/mol. The van der Waals surface area contributed by atoms with E-state index in [1.807, 2.05) is 12.1 Å². The molecule has 1 aliphatic carbocycles. The maximum atomic E-state index is 12.7. The van der Waals surface area contributed by atoms with Gasteiger partial charge in [-0.15, -0.1) is 0 Å². The first-order valence-electron chi connectivity index (χ1n) is 8.44. The van der Waals surface area contributed by atoms with Crippen molar-refractivity contribution < 1.29 is 18.5 Å². The first kappa shape index (κ1) is 15.4. The molecule has 0 spiro atoms. The topological polar surface area (TPSA) is 90.4 Å². The molecule has 2 fully saturated rings. The van der Waals surface area contributed by atoms with Crippen molar-refractivity contribution in [2.45, 2.75) is 38.1 Å². The van der Waals surface area contributed by atoms with E-state index in [0.29, 0.717) is 24.9 Å². The predicted molar refractivity (Wildman–Crippen MR) is 83.0 cm³/mol. The first-order valence-corrected chi connectivity index (χ1v) is 8.44. The fourth-order valence-electron chi connectivity index (χ4n) is 3.43. The smallest absolute Gasteiger partial charge is 0.249 e. The Morgan fingerprint density at radius 2 is 2.21 bits per heavy atom. The second-order valence-corrected chi connectivity index (χ2v) is 6.58. The molecule has 0 bridgehead atoms. The summed E-state index contributed by atoms with van der Waals surface area (Å²) < 4.78 is 16.2. The number of ether oxygens (including phenoxy) is 1. The van der Waals surface area contributed by atoms with Gasteiger partial charge in [-0.05, 0) is 44.2 Å². The number of carbonyl (C=O) groups excluding carboxylic acids is 1. The number of amides is 1. The highest BCUT2D eigenvalue weighted by molar-refractivity contribution is 5.83. The number of hydrogen-bond donors (Lipinski definition) is 1. The highest BCUT2D eigenvalue weighted by Gasteiger charge is 2.47. The second kappa shape index (κ2) is 6.39. The number of nitrogens with one attached hydrogen (secondary N) is 1. The third kappa shape index (κ3) is 3.08. The molecule has 7 nitrogen and oxygen atoms in total. The molecule has 0 radical (unpaired) electrons. The SMILES string of the molecule is Cc1noc([C@H](NC(=O)[C@@H]2C[C@@H]2c2ccco2)C2CCOCC2)n1. The zero-order valence-corrected chi connectivity index (χ0v) is 13.6. The lowest BCUT2D eigenvalue weighted by molar-refractivity contribution is -0.124. The van der Waals surface area contributed by atoms with E-state index in [9.17, 15) is 4.79 Å². The molecular weight excluding hydrogens is 310 g/mol. The third-order valence-electron chi connectivity index (χ3n) is 4.88. The zero-order valence-electron chi connectivity index (χ0n) is 13.6. The van der Waals surface area contributed by atoms with Crippen LogP contribution in [0.2, 0.25) is 0 Å². The Morgan fingerprint density at radius 3 is 2.88 bits per heavy atom. The maximum absolute atomic E-state index is 12.7. The molecule has 3 atom stereocenters. The Balaban J connectivity index is 1.46. The molecule has 2 aromatic rings. The molecular formula is C17H21N3O4. The molecule has 0 unspecified atom stereocenters. The minimum absolute atomic E-state index is 0.0312. The van der Waals surface area contributed by atoms with Crippen LogP contribution in [-0.2, 0) is 9.53 Å². The van der Waals surface area contributed by atoms with Crippen molar-refractivity contribution in [2.75, 3.05) is 13.2 Å². The largest absolute Gasteiger partial charge is 0.469 e. The molecule has 1 saturated heterocycles. The number of hydrogen-bond acceptors (Lipinski definition) is 6. The number of aromatic nitrogens is 2. The number of furan rings is 1. The maximum Gasteiger partial charge on any atom is 0.249 e. The van der Waals surface area contributed by atoms with Crippen LogP contribution in [0.1, 0.15) is 48.7 Å². The van der Waals surface area contributed by atoms with Crippen molar-refractivity contribution in [1.29, 1.82) is 0 Å². The summed E-state index contributed by atoms with van der Waals surface area (Å²) in [6.45, 7) is 3.18. The van der Waals surface area contributed by atoms with Gasteiger partial charge in [0.15, 0.2) is 5.82 Å². The van der Waals surface area contributed by atoms with E-state index in [-0.39, 0.29) is 29.7 Å². The number of nitrogens with zero attached hydrogens (tertiary/aromatic N) is 2. The fourth-order valence-corrected chi connectivity index (χ4v) is 3.43. The van der Waals surface area contributed by atoms with E-state index in [0.717, 1.165) is 25.0 Å². The molecule has 1 N–H and O–H groups in total. The van der Waals surface area contributed by atoms with Crippen LogP contribution in [0.15, 0.2) is 27.3 Å². The lowest BCUT2D eigenvalue weighted by Gasteiger charge is -2.28. The molecule has 24 heavy (non-hydrogen) atoms. The van der Waals surface area contributed by atoms with Crippen molar-refractivity contribution in [2.24, 2.45) is 11.8 Å². The molecule has 3 heterocycles. The number of carbonyl (C=O) groups is 1. The second-order valence-electron chi connectivity index (χ2n) is 6.58. The van der Waals surface area contributed by atoms with Gasteiger partial charge < -0.3 is 19.0 Å². The Kier molecular flexibility index (Phi) is 4.10. The van der Waals surface area contributed by atoms with Gasteiger partial charge in [-0.25, -0.2) is 0 Å². The standard InChI is InChI=1S/C17H21N3O4/c1-10-18-17(24-20-10)15(11-4-7-22-8-5-11)19-16(21)13-9-12(13)14-3-2-6-23-14/h2-3,6,11-13,15H,4-5,7-9H2,1H3,(H,19,21)/t12-,13+,15+/m0/s1. The van der Waals surface area contributed by atoms with Crippen LogP contribution < -0.4 is 5.32 Å². The van der Waals surface area contributed by atoms with Gasteiger partial charge in [0.25, 0.3) is 0 Å². The summed E-state index contributed by atoms with van der Waals surface area (Å²) in [5, 5.41) is 7.01. The zero-order chi connectivity index (χ0) is 16.5. The van der Waals surface area contributed by atoms with Crippen LogP contribution in [0.25, 0.3) is 0 Å². The molecule has 0 aromatic carbocycles. The minimum Gasteiger partial charge on any atom is -0.469 e. The highest BCUT2D eigenvalue weighted by atomic mass is 16.5. The van der Waals surface area contributed by atoms with Crippen LogP contribution in [0, 0.1) is 18.8 Å². The van der Waals surface area contributed by atoms with Crippen molar-refractivity contribution in [1.82, 2.24) is 15.5 Å². The minimum atomic E-state index is -0.250. The van der Waals surface area contributed by atoms with Gasteiger partial charge in [0.2, 0.25) is 11.8 Å². The quantitative estimate of drug-likeness (QED) is 0.904. The Labute approximate surface area is 139 Å². The van der Waals surface area contributed by atoms with E-state index < -0.39 is 0 Å². The summed E-state index contributed by atoms with van der Waals surface area (Å²) in [6, 6.07) is 3.53. The first-order chi connectivity index (χ1) is 11.7. The summed E-state index contributed by atoms with van der Waals surface area (Å²) in [4.78, 5) is 17.0. The van der Waals surface area contributed by atoms with Gasteiger partial charge in [0.1, 0.15) is 11.8 Å². The molecule has 2 aromatic heterocycles. The normalized spacial score (nSPS) is 25.4. The van der Waals surface area contributed by atoms with E-state index in [4.69, 9.17) is 13.7 Å². The predicted octanol–water partition coefficient (Wildman–Crippen LogP) is 2.36. The lowest BCUT2D eigenvalue weighted by Crippen LogP contribution is -2.37. The number of rotatable bonds is 5. The molecule has 1 saturated carbocycles. The third-order valence-corrected chi connectivity index (χ3v) is 4.88. The van der Waals surface area contributed by atoms with Crippen molar-refractivity contribution in [3.05, 3.63) is 35.9 Å². The number of aryl methyl sites for hydroxylation is 1. The van der Waals surface area contributed by atoms with Crippen LogP contribution in [0.4, 0.5) is 0 Å². The summed E-state index contributed by atoms with van der Waals surface area (Å²) >= 11 is 0. The summed E-state index contributed by atoms with van der Waals surface area (Å²) in [5.74, 6) is 2.37. The van der Waals surface area contributed by atoms with E-state index in [1.165, 1.54) is 0 Å². The van der Waals surface area contributed by atoms with Gasteiger partial charge in [-0.3, -0.25) is 4.79 Å². The van der Waals surface area contributed by atoms with Crippen molar-refractivity contribution >= 4 is 5.91 Å². The molecule has 7 heteroatoms. The van der Waals surface area contributed by atoms with Gasteiger partial charge >= 0.3 is 0 Å². The van der Waals surface area contributed by atoms with E-state index >= 15 is 0 Å². The van der Waals surface area contributed by atoms with Crippen molar-refractivity contribution in [3.8, 4) is 0 Å². The van der Waals surface area contributed by atoms with Gasteiger partial charge in [-0.2, -0.15) is 4.98 Å². The van der Waals surface area contributed by atoms with Gasteiger partial charge in [-0.1, -0.05) is 5.16 Å². The Hall–Kier alpha value is -2.15. The Morgan fingerprint density at radius 1 is 1.38 bits per heavy atom. The lowest BCUT2D eigenvalue weighted by atomic mass is 9.91. The van der Waals surface area contributed by atoms with E-state index in [2.05, 4.69) is 15.5 Å². The fraction of sp³-hybridized carbons (Fsp3) is 0.588. The summed E-state index contributed by atoms with van der Waals surface area (Å²) in [5.41, 5.74) is 0. The molecule has 2 aliphatic rings. The molecule has 1 amide bonds. The van der Waals surface area contributed by atoms with Crippen LogP contribution in [-0.4, -0.2) is 29.3 Å². The molecule has 128 valence electrons.